The third kappa shape index (κ3) is 2.16. The van der Waals surface area contributed by atoms with Crippen molar-refractivity contribution in [1.29, 1.82) is 0 Å². The predicted molar refractivity (Wildman–Crippen MR) is 63.5 cm³/mol. The van der Waals surface area contributed by atoms with E-state index in [1.165, 1.54) is 5.56 Å². The molecule has 2 aromatic rings. The van der Waals surface area contributed by atoms with Crippen molar-refractivity contribution < 1.29 is 5.11 Å². The van der Waals surface area contributed by atoms with Crippen LogP contribution < -0.4 is 5.32 Å². The van der Waals surface area contributed by atoms with Crippen LogP contribution in [0.1, 0.15) is 17.0 Å². The van der Waals surface area contributed by atoms with Crippen molar-refractivity contribution in [2.45, 2.75) is 20.4 Å². The van der Waals surface area contributed by atoms with Crippen LogP contribution in [0.4, 0.5) is 5.69 Å². The molecule has 4 nitrogen and oxygen atoms in total. The van der Waals surface area contributed by atoms with Gasteiger partial charge >= 0.3 is 0 Å². The third-order valence-corrected chi connectivity index (χ3v) is 2.62. The molecule has 0 fully saturated rings. The number of hydrogen-bond acceptors (Lipinski definition) is 3. The summed E-state index contributed by atoms with van der Waals surface area (Å²) >= 11 is 0. The molecular formula is C12H15N3O. The zero-order valence-electron chi connectivity index (χ0n) is 9.41. The number of anilines is 1. The first-order valence-corrected chi connectivity index (χ1v) is 5.20. The summed E-state index contributed by atoms with van der Waals surface area (Å²) in [4.78, 5) is 0. The molecule has 2 rings (SSSR count). The number of aromatic hydroxyl groups is 1. The summed E-state index contributed by atoms with van der Waals surface area (Å²) in [5.74, 6) is 0.279. The quantitative estimate of drug-likeness (QED) is 0.691. The molecule has 1 aromatic carbocycles. The van der Waals surface area contributed by atoms with Crippen LogP contribution in [0.3, 0.4) is 0 Å². The first-order valence-electron chi connectivity index (χ1n) is 5.20. The molecule has 0 bridgehead atoms. The second-order valence-corrected chi connectivity index (χ2v) is 3.81. The number of phenolic OH excluding ortho intramolecular Hbond substituents is 1. The zero-order valence-corrected chi connectivity index (χ0v) is 9.41. The lowest BCUT2D eigenvalue weighted by atomic mass is 10.2. The lowest BCUT2D eigenvalue weighted by Crippen LogP contribution is -2.01. The van der Waals surface area contributed by atoms with Gasteiger partial charge in [0.1, 0.15) is 5.75 Å². The summed E-state index contributed by atoms with van der Waals surface area (Å²) in [6.45, 7) is 4.73. The highest BCUT2D eigenvalue weighted by Gasteiger charge is 2.05. The van der Waals surface area contributed by atoms with E-state index in [0.29, 0.717) is 0 Å². The van der Waals surface area contributed by atoms with E-state index < -0.39 is 0 Å². The standard InChI is InChI=1S/C12H15N3O/c1-8-12(9(2)15-14-8)7-13-10-3-5-11(16)6-4-10/h3-6,13,16H,7H2,1-2H3,(H,14,15). The summed E-state index contributed by atoms with van der Waals surface area (Å²) < 4.78 is 0. The van der Waals surface area contributed by atoms with Crippen molar-refractivity contribution in [3.05, 3.63) is 41.2 Å². The molecule has 0 radical (unpaired) electrons. The Balaban J connectivity index is 2.05. The molecule has 3 N–H and O–H groups in total. The van der Waals surface area contributed by atoms with E-state index in [1.54, 1.807) is 12.1 Å². The minimum Gasteiger partial charge on any atom is -0.508 e. The molecular weight excluding hydrogens is 202 g/mol. The second kappa shape index (κ2) is 4.26. The van der Waals surface area contributed by atoms with E-state index in [0.717, 1.165) is 23.6 Å². The van der Waals surface area contributed by atoms with Gasteiger partial charge in [-0.25, -0.2) is 0 Å². The maximum absolute atomic E-state index is 9.15. The number of aromatic amines is 1. The Morgan fingerprint density at radius 1 is 1.25 bits per heavy atom. The van der Waals surface area contributed by atoms with Gasteiger partial charge in [0.15, 0.2) is 0 Å². The number of aromatic nitrogens is 2. The Morgan fingerprint density at radius 3 is 2.50 bits per heavy atom. The lowest BCUT2D eigenvalue weighted by Gasteiger charge is -2.06. The summed E-state index contributed by atoms with van der Waals surface area (Å²) in [6.07, 6.45) is 0. The Morgan fingerprint density at radius 2 is 1.94 bits per heavy atom. The largest absolute Gasteiger partial charge is 0.508 e. The van der Waals surface area contributed by atoms with E-state index in [9.17, 15) is 0 Å². The number of nitrogens with one attached hydrogen (secondary N) is 2. The average molecular weight is 217 g/mol. The number of benzene rings is 1. The molecule has 0 aliphatic rings. The highest BCUT2D eigenvalue weighted by atomic mass is 16.3. The van der Waals surface area contributed by atoms with E-state index in [1.807, 2.05) is 26.0 Å². The molecule has 0 spiro atoms. The molecule has 0 unspecified atom stereocenters. The summed E-state index contributed by atoms with van der Waals surface area (Å²) in [6, 6.07) is 7.02. The first-order chi connectivity index (χ1) is 7.66. The number of rotatable bonds is 3. The van der Waals surface area contributed by atoms with E-state index in [4.69, 9.17) is 5.11 Å². The summed E-state index contributed by atoms with van der Waals surface area (Å²) in [5, 5.41) is 19.5. The van der Waals surface area contributed by atoms with Gasteiger partial charge in [-0.1, -0.05) is 0 Å². The molecule has 1 heterocycles. The van der Waals surface area contributed by atoms with Crippen molar-refractivity contribution in [3.8, 4) is 5.75 Å². The Bertz CT molecular complexity index is 454. The molecule has 0 aliphatic carbocycles. The van der Waals surface area contributed by atoms with Crippen LogP contribution >= 0.6 is 0 Å². The first kappa shape index (κ1) is 10.5. The topological polar surface area (TPSA) is 60.9 Å². The lowest BCUT2D eigenvalue weighted by molar-refractivity contribution is 0.475. The van der Waals surface area contributed by atoms with Crippen LogP contribution in [0.2, 0.25) is 0 Å². The fourth-order valence-corrected chi connectivity index (χ4v) is 1.60. The highest BCUT2D eigenvalue weighted by Crippen LogP contribution is 2.16. The molecule has 0 atom stereocenters. The molecule has 0 saturated heterocycles. The van der Waals surface area contributed by atoms with Crippen LogP contribution in [0.5, 0.6) is 5.75 Å². The van der Waals surface area contributed by atoms with Crippen molar-refractivity contribution in [2.24, 2.45) is 0 Å². The van der Waals surface area contributed by atoms with Crippen molar-refractivity contribution in [2.75, 3.05) is 5.32 Å². The van der Waals surface area contributed by atoms with Crippen LogP contribution in [0.25, 0.3) is 0 Å². The zero-order chi connectivity index (χ0) is 11.5. The maximum atomic E-state index is 9.15. The van der Waals surface area contributed by atoms with Gasteiger partial charge in [0.2, 0.25) is 0 Å². The Kier molecular flexibility index (Phi) is 2.81. The Hall–Kier alpha value is -1.97. The van der Waals surface area contributed by atoms with Gasteiger partial charge in [-0.2, -0.15) is 5.10 Å². The highest BCUT2D eigenvalue weighted by molar-refractivity contribution is 5.46. The van der Waals surface area contributed by atoms with Crippen LogP contribution in [-0.2, 0) is 6.54 Å². The average Bonchev–Trinajstić information content (AvgIpc) is 2.59. The number of hydrogen-bond donors (Lipinski definition) is 3. The number of phenols is 1. The number of nitrogens with zero attached hydrogens (tertiary/aromatic N) is 1. The van der Waals surface area contributed by atoms with Crippen molar-refractivity contribution in [3.63, 3.8) is 0 Å². The minimum absolute atomic E-state index is 0.279. The minimum atomic E-state index is 0.279. The summed E-state index contributed by atoms with van der Waals surface area (Å²) in [5.41, 5.74) is 4.28. The Labute approximate surface area is 94.3 Å². The molecule has 0 saturated carbocycles. The van der Waals surface area contributed by atoms with Crippen LogP contribution in [0.15, 0.2) is 24.3 Å². The monoisotopic (exact) mass is 217 g/mol. The molecule has 4 heteroatoms. The second-order valence-electron chi connectivity index (χ2n) is 3.81. The molecule has 0 aliphatic heterocycles. The maximum Gasteiger partial charge on any atom is 0.115 e. The van der Waals surface area contributed by atoms with Crippen molar-refractivity contribution >= 4 is 5.69 Å². The van der Waals surface area contributed by atoms with Crippen LogP contribution in [-0.4, -0.2) is 15.3 Å². The number of H-pyrrole nitrogens is 1. The fraction of sp³-hybridized carbons (Fsp3) is 0.250. The number of aryl methyl sites for hydroxylation is 2. The SMILES string of the molecule is Cc1n[nH]c(C)c1CNc1ccc(O)cc1. The third-order valence-electron chi connectivity index (χ3n) is 2.62. The van der Waals surface area contributed by atoms with Gasteiger partial charge in [0, 0.05) is 23.5 Å². The normalized spacial score (nSPS) is 10.4. The smallest absolute Gasteiger partial charge is 0.115 e. The molecule has 0 amide bonds. The molecule has 16 heavy (non-hydrogen) atoms. The van der Waals surface area contributed by atoms with E-state index in [2.05, 4.69) is 15.5 Å². The summed E-state index contributed by atoms with van der Waals surface area (Å²) in [7, 11) is 0. The molecule has 84 valence electrons. The van der Waals surface area contributed by atoms with Gasteiger partial charge < -0.3 is 10.4 Å². The van der Waals surface area contributed by atoms with Gasteiger partial charge in [-0.3, -0.25) is 5.10 Å². The van der Waals surface area contributed by atoms with Gasteiger partial charge in [-0.15, -0.1) is 0 Å². The van der Waals surface area contributed by atoms with Crippen LogP contribution in [0, 0.1) is 13.8 Å². The predicted octanol–water partition coefficient (Wildman–Crippen LogP) is 2.34. The van der Waals surface area contributed by atoms with E-state index >= 15 is 0 Å². The van der Waals surface area contributed by atoms with Gasteiger partial charge in [0.05, 0.1) is 5.69 Å². The van der Waals surface area contributed by atoms with Crippen molar-refractivity contribution in [1.82, 2.24) is 10.2 Å². The fourth-order valence-electron chi connectivity index (χ4n) is 1.60. The van der Waals surface area contributed by atoms with Gasteiger partial charge in [0.25, 0.3) is 0 Å². The molecule has 1 aromatic heterocycles. The van der Waals surface area contributed by atoms with Gasteiger partial charge in [-0.05, 0) is 38.1 Å². The van der Waals surface area contributed by atoms with E-state index in [-0.39, 0.29) is 5.75 Å².